The summed E-state index contributed by atoms with van der Waals surface area (Å²) in [6.45, 7) is 3.96. The van der Waals surface area contributed by atoms with Gasteiger partial charge in [-0.2, -0.15) is 0 Å². The minimum Gasteiger partial charge on any atom is -0.493 e. The summed E-state index contributed by atoms with van der Waals surface area (Å²) in [6.07, 6.45) is 0. The number of carbonyl (C=O) groups is 1. The van der Waals surface area contributed by atoms with Gasteiger partial charge in [0.2, 0.25) is 0 Å². The molecule has 4 nitrogen and oxygen atoms in total. The first kappa shape index (κ1) is 17.8. The predicted octanol–water partition coefficient (Wildman–Crippen LogP) is 4.66. The van der Waals surface area contributed by atoms with Crippen LogP contribution in [0, 0.1) is 6.92 Å². The number of hydrogen-bond donors (Lipinski definition) is 1. The maximum Gasteiger partial charge on any atom is 0.251 e. The number of rotatable bonds is 5. The lowest BCUT2D eigenvalue weighted by Gasteiger charge is -2.19. The van der Waals surface area contributed by atoms with Crippen LogP contribution in [0.15, 0.2) is 54.6 Å². The lowest BCUT2D eigenvalue weighted by Crippen LogP contribution is -2.27. The van der Waals surface area contributed by atoms with Crippen LogP contribution >= 0.6 is 0 Å². The topological polar surface area (TPSA) is 47.6 Å². The van der Waals surface area contributed by atoms with Crippen molar-refractivity contribution in [2.45, 2.75) is 19.9 Å². The number of fused-ring (bicyclic) bond motifs is 1. The van der Waals surface area contributed by atoms with Crippen LogP contribution in [-0.4, -0.2) is 20.1 Å². The molecule has 0 aromatic heterocycles. The Kier molecular flexibility index (Phi) is 5.12. The van der Waals surface area contributed by atoms with Crippen molar-refractivity contribution in [3.63, 3.8) is 0 Å². The van der Waals surface area contributed by atoms with Crippen molar-refractivity contribution in [2.24, 2.45) is 0 Å². The predicted molar refractivity (Wildman–Crippen MR) is 104 cm³/mol. The Morgan fingerprint density at radius 3 is 2.27 bits per heavy atom. The molecule has 0 aliphatic heterocycles. The highest BCUT2D eigenvalue weighted by atomic mass is 16.5. The van der Waals surface area contributed by atoms with Crippen LogP contribution in [0.5, 0.6) is 11.5 Å². The molecule has 0 heterocycles. The van der Waals surface area contributed by atoms with Gasteiger partial charge in [-0.25, -0.2) is 0 Å². The molecule has 26 heavy (non-hydrogen) atoms. The summed E-state index contributed by atoms with van der Waals surface area (Å²) in [5.41, 5.74) is 2.68. The van der Waals surface area contributed by atoms with Crippen LogP contribution in [0.25, 0.3) is 10.8 Å². The summed E-state index contributed by atoms with van der Waals surface area (Å²) in [5, 5.41) is 5.24. The van der Waals surface area contributed by atoms with Gasteiger partial charge in [0.05, 0.1) is 20.3 Å². The summed E-state index contributed by atoms with van der Waals surface area (Å²) in [5.74, 6) is 1.24. The van der Waals surface area contributed by atoms with E-state index in [2.05, 4.69) is 5.32 Å². The summed E-state index contributed by atoms with van der Waals surface area (Å²) >= 11 is 0. The number of benzene rings is 3. The fourth-order valence-corrected chi connectivity index (χ4v) is 3.15. The molecule has 0 bridgehead atoms. The summed E-state index contributed by atoms with van der Waals surface area (Å²) in [6, 6.07) is 17.4. The number of ether oxygens (including phenoxy) is 2. The van der Waals surface area contributed by atoms with E-state index in [-0.39, 0.29) is 11.9 Å². The molecule has 0 saturated carbocycles. The van der Waals surface area contributed by atoms with Crippen molar-refractivity contribution >= 4 is 16.7 Å². The number of nitrogens with one attached hydrogen (secondary N) is 1. The SMILES string of the molecule is COc1cc(C)c(C(C)NC(=O)c2ccc3ccccc3c2)cc1OC. The Labute approximate surface area is 153 Å². The quantitative estimate of drug-likeness (QED) is 0.729. The number of methoxy groups -OCH3 is 2. The fraction of sp³-hybridized carbons (Fsp3) is 0.227. The molecule has 0 radical (unpaired) electrons. The molecule has 3 rings (SSSR count). The maximum absolute atomic E-state index is 12.7. The van der Waals surface area contributed by atoms with Crippen LogP contribution in [0.1, 0.15) is 34.5 Å². The third-order valence-electron chi connectivity index (χ3n) is 4.60. The van der Waals surface area contributed by atoms with Gasteiger partial charge < -0.3 is 14.8 Å². The van der Waals surface area contributed by atoms with Crippen molar-refractivity contribution in [1.29, 1.82) is 0 Å². The van der Waals surface area contributed by atoms with E-state index in [0.29, 0.717) is 17.1 Å². The Hall–Kier alpha value is -3.01. The van der Waals surface area contributed by atoms with Gasteiger partial charge in [0, 0.05) is 5.56 Å². The van der Waals surface area contributed by atoms with Gasteiger partial charge in [-0.3, -0.25) is 4.79 Å². The lowest BCUT2D eigenvalue weighted by atomic mass is 10.0. The molecule has 1 unspecified atom stereocenters. The Morgan fingerprint density at radius 1 is 0.923 bits per heavy atom. The van der Waals surface area contributed by atoms with E-state index in [1.165, 1.54) is 0 Å². The monoisotopic (exact) mass is 349 g/mol. The fourth-order valence-electron chi connectivity index (χ4n) is 3.15. The van der Waals surface area contributed by atoms with E-state index in [1.54, 1.807) is 14.2 Å². The highest BCUT2D eigenvalue weighted by molar-refractivity contribution is 5.98. The van der Waals surface area contributed by atoms with Crippen molar-refractivity contribution in [2.75, 3.05) is 14.2 Å². The standard InChI is InChI=1S/C22H23NO3/c1-14-11-20(25-3)21(26-4)13-19(14)15(2)23-22(24)18-10-9-16-7-5-6-8-17(16)12-18/h5-13,15H,1-4H3,(H,23,24). The van der Waals surface area contributed by atoms with Crippen molar-refractivity contribution < 1.29 is 14.3 Å². The van der Waals surface area contributed by atoms with Crippen LogP contribution in [0.3, 0.4) is 0 Å². The highest BCUT2D eigenvalue weighted by Crippen LogP contribution is 2.33. The van der Waals surface area contributed by atoms with Crippen LogP contribution in [-0.2, 0) is 0 Å². The smallest absolute Gasteiger partial charge is 0.251 e. The number of aryl methyl sites for hydroxylation is 1. The molecule has 1 N–H and O–H groups in total. The molecule has 1 atom stereocenters. The van der Waals surface area contributed by atoms with Gasteiger partial charge in [-0.05, 0) is 60.0 Å². The van der Waals surface area contributed by atoms with E-state index >= 15 is 0 Å². The molecule has 134 valence electrons. The Bertz CT molecular complexity index is 949. The largest absolute Gasteiger partial charge is 0.493 e. The second kappa shape index (κ2) is 7.48. The van der Waals surface area contributed by atoms with Crippen molar-refractivity contribution in [3.8, 4) is 11.5 Å². The van der Waals surface area contributed by atoms with Crippen molar-refractivity contribution in [3.05, 3.63) is 71.3 Å². The average molecular weight is 349 g/mol. The van der Waals surface area contributed by atoms with Crippen LogP contribution in [0.4, 0.5) is 0 Å². The molecule has 3 aromatic carbocycles. The zero-order valence-electron chi connectivity index (χ0n) is 15.5. The van der Waals surface area contributed by atoms with Gasteiger partial charge in [-0.15, -0.1) is 0 Å². The minimum absolute atomic E-state index is 0.0996. The summed E-state index contributed by atoms with van der Waals surface area (Å²) in [7, 11) is 3.22. The van der Waals surface area contributed by atoms with E-state index in [4.69, 9.17) is 9.47 Å². The van der Waals surface area contributed by atoms with E-state index < -0.39 is 0 Å². The van der Waals surface area contributed by atoms with Crippen LogP contribution < -0.4 is 14.8 Å². The lowest BCUT2D eigenvalue weighted by molar-refractivity contribution is 0.0940. The average Bonchev–Trinajstić information content (AvgIpc) is 2.67. The van der Waals surface area contributed by atoms with E-state index in [9.17, 15) is 4.79 Å². The van der Waals surface area contributed by atoms with Gasteiger partial charge in [0.25, 0.3) is 5.91 Å². The van der Waals surface area contributed by atoms with Gasteiger partial charge in [0.15, 0.2) is 11.5 Å². The molecule has 3 aromatic rings. The Morgan fingerprint density at radius 2 is 1.58 bits per heavy atom. The first-order valence-electron chi connectivity index (χ1n) is 8.55. The van der Waals surface area contributed by atoms with Crippen LogP contribution in [0.2, 0.25) is 0 Å². The zero-order valence-corrected chi connectivity index (χ0v) is 15.5. The van der Waals surface area contributed by atoms with Gasteiger partial charge >= 0.3 is 0 Å². The molecular formula is C22H23NO3. The molecule has 4 heteroatoms. The minimum atomic E-state index is -0.159. The molecule has 0 aliphatic rings. The normalized spacial score (nSPS) is 11.8. The number of amides is 1. The molecular weight excluding hydrogens is 326 g/mol. The zero-order chi connectivity index (χ0) is 18.7. The third kappa shape index (κ3) is 3.49. The molecule has 1 amide bonds. The first-order valence-corrected chi connectivity index (χ1v) is 8.55. The van der Waals surface area contributed by atoms with Gasteiger partial charge in [-0.1, -0.05) is 30.3 Å². The molecule has 0 aliphatic carbocycles. The molecule has 0 spiro atoms. The summed E-state index contributed by atoms with van der Waals surface area (Å²) < 4.78 is 10.7. The second-order valence-corrected chi connectivity index (χ2v) is 6.32. The first-order chi connectivity index (χ1) is 12.5. The Balaban J connectivity index is 1.84. The van der Waals surface area contributed by atoms with Crippen molar-refractivity contribution in [1.82, 2.24) is 5.32 Å². The maximum atomic E-state index is 12.7. The highest BCUT2D eigenvalue weighted by Gasteiger charge is 2.16. The number of carbonyl (C=O) groups excluding carboxylic acids is 1. The second-order valence-electron chi connectivity index (χ2n) is 6.32. The molecule has 0 saturated heterocycles. The van der Waals surface area contributed by atoms with E-state index in [0.717, 1.165) is 21.9 Å². The number of hydrogen-bond acceptors (Lipinski definition) is 3. The molecule has 0 fully saturated rings. The van der Waals surface area contributed by atoms with Gasteiger partial charge in [0.1, 0.15) is 0 Å². The van der Waals surface area contributed by atoms with E-state index in [1.807, 2.05) is 68.4 Å². The summed E-state index contributed by atoms with van der Waals surface area (Å²) in [4.78, 5) is 12.7. The third-order valence-corrected chi connectivity index (χ3v) is 4.60.